The second-order valence-electron chi connectivity index (χ2n) is 10.7. The Labute approximate surface area is 229 Å². The number of nitrogens with one attached hydrogen (secondary N) is 1. The molecule has 39 heavy (non-hydrogen) atoms. The predicted molar refractivity (Wildman–Crippen MR) is 148 cm³/mol. The van der Waals surface area contributed by atoms with E-state index in [1.807, 2.05) is 47.4 Å². The first-order valence-corrected chi connectivity index (χ1v) is 13.8. The molecule has 0 unspecified atom stereocenters. The standard InChI is InChI=1S/C31H37N3O5/c1-21-27(28(33-39-21)24-12-5-7-14-26(24)37-3)30(36)34-18-16-31(17-19-34)15-9-8-11-23-10-4-6-13-25(23)38-22(2)29(35)32-20-31/h4-7,10,12-14,22H,8-9,11,15-20H2,1-3H3,(H,32,35)/t22-/m1/s1. The molecule has 3 heterocycles. The van der Waals surface area contributed by atoms with Gasteiger partial charge in [0.15, 0.2) is 6.10 Å². The lowest BCUT2D eigenvalue weighted by Gasteiger charge is -2.42. The third kappa shape index (κ3) is 5.65. The zero-order valence-electron chi connectivity index (χ0n) is 23.0. The van der Waals surface area contributed by atoms with E-state index in [2.05, 4.69) is 16.5 Å². The van der Waals surface area contributed by atoms with Crippen LogP contribution in [0.1, 0.15) is 60.7 Å². The van der Waals surface area contributed by atoms with Gasteiger partial charge >= 0.3 is 0 Å². The Balaban J connectivity index is 1.30. The highest BCUT2D eigenvalue weighted by molar-refractivity contribution is 6.01. The van der Waals surface area contributed by atoms with Gasteiger partial charge < -0.3 is 24.2 Å². The van der Waals surface area contributed by atoms with E-state index in [0.29, 0.717) is 42.4 Å². The molecule has 2 aliphatic rings. The number of likely N-dealkylation sites (tertiary alicyclic amines) is 1. The van der Waals surface area contributed by atoms with Crippen molar-refractivity contribution < 1.29 is 23.6 Å². The highest BCUT2D eigenvalue weighted by Gasteiger charge is 2.38. The summed E-state index contributed by atoms with van der Waals surface area (Å²) in [7, 11) is 1.60. The summed E-state index contributed by atoms with van der Waals surface area (Å²) in [4.78, 5) is 28.6. The summed E-state index contributed by atoms with van der Waals surface area (Å²) in [5.74, 6) is 1.74. The number of piperidine rings is 1. The lowest BCUT2D eigenvalue weighted by Crippen LogP contribution is -2.49. The largest absolute Gasteiger partial charge is 0.496 e. The molecule has 3 aromatic rings. The van der Waals surface area contributed by atoms with Crippen LogP contribution in [0.25, 0.3) is 11.3 Å². The first-order valence-electron chi connectivity index (χ1n) is 13.8. The maximum absolute atomic E-state index is 13.8. The van der Waals surface area contributed by atoms with Crippen LogP contribution in [0.5, 0.6) is 11.5 Å². The van der Waals surface area contributed by atoms with Crippen LogP contribution in [0.15, 0.2) is 53.1 Å². The Bertz CT molecular complexity index is 1330. The normalized spacial score (nSPS) is 19.7. The Hall–Kier alpha value is -3.81. The number of amides is 2. The number of aromatic nitrogens is 1. The van der Waals surface area contributed by atoms with Crippen LogP contribution in [0, 0.1) is 12.3 Å². The molecule has 1 saturated heterocycles. The van der Waals surface area contributed by atoms with Gasteiger partial charge in [0.25, 0.3) is 11.8 Å². The summed E-state index contributed by atoms with van der Waals surface area (Å²) in [6.45, 7) is 5.38. The Morgan fingerprint density at radius 2 is 1.82 bits per heavy atom. The van der Waals surface area contributed by atoms with Crippen LogP contribution >= 0.6 is 0 Å². The maximum atomic E-state index is 13.8. The number of ether oxygens (including phenoxy) is 2. The van der Waals surface area contributed by atoms with Gasteiger partial charge in [-0.3, -0.25) is 9.59 Å². The quantitative estimate of drug-likeness (QED) is 0.500. The molecule has 2 aliphatic heterocycles. The van der Waals surface area contributed by atoms with Crippen LogP contribution < -0.4 is 14.8 Å². The fraction of sp³-hybridized carbons (Fsp3) is 0.452. The topological polar surface area (TPSA) is 93.9 Å². The molecule has 2 aromatic carbocycles. The van der Waals surface area contributed by atoms with Gasteiger partial charge in [-0.05, 0) is 75.1 Å². The van der Waals surface area contributed by atoms with Crippen molar-refractivity contribution in [2.45, 2.75) is 58.5 Å². The van der Waals surface area contributed by atoms with Crippen molar-refractivity contribution in [2.75, 3.05) is 26.7 Å². The second-order valence-corrected chi connectivity index (χ2v) is 10.7. The number of aryl methyl sites for hydroxylation is 2. The van der Waals surface area contributed by atoms with Gasteiger partial charge in [-0.1, -0.05) is 41.9 Å². The average molecular weight is 532 g/mol. The lowest BCUT2D eigenvalue weighted by molar-refractivity contribution is -0.128. The fourth-order valence-electron chi connectivity index (χ4n) is 5.81. The third-order valence-electron chi connectivity index (χ3n) is 8.24. The summed E-state index contributed by atoms with van der Waals surface area (Å²) in [5.41, 5.74) is 2.80. The monoisotopic (exact) mass is 531 g/mol. The van der Waals surface area contributed by atoms with Crippen LogP contribution in [0.4, 0.5) is 0 Å². The van der Waals surface area contributed by atoms with Crippen molar-refractivity contribution in [3.63, 3.8) is 0 Å². The van der Waals surface area contributed by atoms with E-state index in [9.17, 15) is 9.59 Å². The summed E-state index contributed by atoms with van der Waals surface area (Å²) in [6.07, 6.45) is 5.09. The first kappa shape index (κ1) is 26.8. The van der Waals surface area contributed by atoms with Gasteiger partial charge in [-0.2, -0.15) is 0 Å². The number of para-hydroxylation sites is 2. The van der Waals surface area contributed by atoms with Gasteiger partial charge in [-0.15, -0.1) is 0 Å². The molecular weight excluding hydrogens is 494 g/mol. The molecule has 206 valence electrons. The molecule has 2 amide bonds. The minimum atomic E-state index is -0.575. The molecular formula is C31H37N3O5. The molecule has 5 rings (SSSR count). The highest BCUT2D eigenvalue weighted by Crippen LogP contribution is 2.39. The van der Waals surface area contributed by atoms with Crippen LogP contribution in [0.2, 0.25) is 0 Å². The molecule has 1 fully saturated rings. The van der Waals surface area contributed by atoms with Gasteiger partial charge in [0, 0.05) is 25.2 Å². The van der Waals surface area contributed by atoms with Gasteiger partial charge in [0.2, 0.25) is 0 Å². The molecule has 1 spiro atoms. The third-order valence-corrected chi connectivity index (χ3v) is 8.24. The van der Waals surface area contributed by atoms with Crippen molar-refractivity contribution in [3.8, 4) is 22.8 Å². The average Bonchev–Trinajstić information content (AvgIpc) is 3.35. The number of hydrogen-bond donors (Lipinski definition) is 1. The summed E-state index contributed by atoms with van der Waals surface area (Å²) in [6, 6.07) is 15.5. The molecule has 0 bridgehead atoms. The summed E-state index contributed by atoms with van der Waals surface area (Å²) in [5, 5.41) is 7.38. The number of nitrogens with zero attached hydrogens (tertiary/aromatic N) is 2. The minimum Gasteiger partial charge on any atom is -0.496 e. The summed E-state index contributed by atoms with van der Waals surface area (Å²) >= 11 is 0. The number of methoxy groups -OCH3 is 1. The van der Waals surface area contributed by atoms with Gasteiger partial charge in [0.1, 0.15) is 28.5 Å². The van der Waals surface area contributed by atoms with Crippen molar-refractivity contribution >= 4 is 11.8 Å². The number of carbonyl (C=O) groups is 2. The fourth-order valence-corrected chi connectivity index (χ4v) is 5.81. The molecule has 0 aliphatic carbocycles. The number of rotatable bonds is 3. The number of hydrogen-bond acceptors (Lipinski definition) is 6. The molecule has 8 nitrogen and oxygen atoms in total. The molecule has 0 radical (unpaired) electrons. The SMILES string of the molecule is COc1ccccc1-c1noc(C)c1C(=O)N1CCC2(CCCCc3ccccc3O[C@H](C)C(=O)NC2)CC1. The van der Waals surface area contributed by atoms with E-state index in [1.165, 1.54) is 0 Å². The smallest absolute Gasteiger partial charge is 0.260 e. The van der Waals surface area contributed by atoms with E-state index >= 15 is 0 Å². The van der Waals surface area contributed by atoms with Crippen molar-refractivity contribution in [1.82, 2.24) is 15.4 Å². The van der Waals surface area contributed by atoms with E-state index in [0.717, 1.165) is 55.4 Å². The predicted octanol–water partition coefficient (Wildman–Crippen LogP) is 5.19. The van der Waals surface area contributed by atoms with E-state index < -0.39 is 6.10 Å². The molecule has 1 atom stereocenters. The molecule has 1 N–H and O–H groups in total. The van der Waals surface area contributed by atoms with E-state index in [-0.39, 0.29) is 17.2 Å². The minimum absolute atomic E-state index is 0.0555. The number of carbonyl (C=O) groups excluding carboxylic acids is 2. The van der Waals surface area contributed by atoms with Crippen LogP contribution in [-0.4, -0.2) is 54.7 Å². The maximum Gasteiger partial charge on any atom is 0.260 e. The number of fused-ring (bicyclic) bond motifs is 1. The zero-order chi connectivity index (χ0) is 27.4. The lowest BCUT2D eigenvalue weighted by atomic mass is 9.74. The van der Waals surface area contributed by atoms with Gasteiger partial charge in [-0.25, -0.2) is 0 Å². The Morgan fingerprint density at radius 3 is 2.62 bits per heavy atom. The number of benzene rings is 2. The van der Waals surface area contributed by atoms with Crippen molar-refractivity contribution in [1.29, 1.82) is 0 Å². The molecule has 0 saturated carbocycles. The summed E-state index contributed by atoms with van der Waals surface area (Å²) < 4.78 is 17.0. The highest BCUT2D eigenvalue weighted by atomic mass is 16.5. The molecule has 8 heteroatoms. The Morgan fingerprint density at radius 1 is 1.08 bits per heavy atom. The van der Waals surface area contributed by atoms with Crippen LogP contribution in [-0.2, 0) is 11.2 Å². The van der Waals surface area contributed by atoms with E-state index in [4.69, 9.17) is 14.0 Å². The van der Waals surface area contributed by atoms with Crippen molar-refractivity contribution in [2.24, 2.45) is 5.41 Å². The second kappa shape index (κ2) is 11.5. The van der Waals surface area contributed by atoms with Gasteiger partial charge in [0.05, 0.1) is 7.11 Å². The zero-order valence-corrected chi connectivity index (χ0v) is 23.0. The van der Waals surface area contributed by atoms with Crippen LogP contribution in [0.3, 0.4) is 0 Å². The first-order chi connectivity index (χ1) is 18.9. The molecule has 1 aromatic heterocycles. The Kier molecular flexibility index (Phi) is 7.91. The van der Waals surface area contributed by atoms with E-state index in [1.54, 1.807) is 21.0 Å². The van der Waals surface area contributed by atoms with Crippen molar-refractivity contribution in [3.05, 3.63) is 65.4 Å².